The summed E-state index contributed by atoms with van der Waals surface area (Å²) in [6.45, 7) is 2.16. The molecule has 4 heteroatoms. The molecule has 0 N–H and O–H groups in total. The summed E-state index contributed by atoms with van der Waals surface area (Å²) in [6, 6.07) is 10.7. The number of carbonyl (C=O) groups is 1. The number of nitrogens with zero attached hydrogens (tertiary/aromatic N) is 2. The van der Waals surface area contributed by atoms with Gasteiger partial charge in [0.1, 0.15) is 5.37 Å². The van der Waals surface area contributed by atoms with Crippen molar-refractivity contribution in [1.82, 2.24) is 9.47 Å². The molecule has 0 bridgehead atoms. The summed E-state index contributed by atoms with van der Waals surface area (Å²) >= 11 is 1.69. The van der Waals surface area contributed by atoms with Gasteiger partial charge in [0.15, 0.2) is 0 Å². The van der Waals surface area contributed by atoms with E-state index in [-0.39, 0.29) is 11.3 Å². The number of rotatable bonds is 3. The van der Waals surface area contributed by atoms with Gasteiger partial charge < -0.3 is 9.47 Å². The zero-order valence-electron chi connectivity index (χ0n) is 11.7. The van der Waals surface area contributed by atoms with Gasteiger partial charge in [0, 0.05) is 30.7 Å². The number of amides is 1. The molecule has 1 aliphatic heterocycles. The number of aryl methyl sites for hydroxylation is 1. The van der Waals surface area contributed by atoms with Gasteiger partial charge >= 0.3 is 0 Å². The van der Waals surface area contributed by atoms with Crippen LogP contribution in [-0.4, -0.2) is 28.2 Å². The Morgan fingerprint density at radius 2 is 2.00 bits per heavy atom. The van der Waals surface area contributed by atoms with Crippen molar-refractivity contribution < 1.29 is 4.79 Å². The molecule has 1 aromatic heterocycles. The van der Waals surface area contributed by atoms with Crippen LogP contribution in [-0.2, 0) is 11.2 Å². The van der Waals surface area contributed by atoms with E-state index in [1.165, 1.54) is 11.1 Å². The molecule has 104 valence electrons. The Morgan fingerprint density at radius 1 is 1.25 bits per heavy atom. The van der Waals surface area contributed by atoms with E-state index < -0.39 is 0 Å². The molecule has 1 amide bonds. The van der Waals surface area contributed by atoms with Crippen molar-refractivity contribution in [2.75, 3.05) is 12.8 Å². The number of hydrogen-bond acceptors (Lipinski definition) is 2. The third kappa shape index (κ3) is 2.36. The number of carbonyl (C=O) groups excluding carboxylic acids is 1. The van der Waals surface area contributed by atoms with Crippen molar-refractivity contribution in [1.29, 1.82) is 0 Å². The summed E-state index contributed by atoms with van der Waals surface area (Å²) in [5.74, 6) is 0.789. The van der Waals surface area contributed by atoms with Crippen LogP contribution in [0.3, 0.4) is 0 Å². The van der Waals surface area contributed by atoms with Gasteiger partial charge in [-0.1, -0.05) is 19.1 Å². The Bertz CT molecular complexity index is 618. The van der Waals surface area contributed by atoms with E-state index in [2.05, 4.69) is 54.2 Å². The van der Waals surface area contributed by atoms with E-state index in [1.54, 1.807) is 11.8 Å². The molecule has 3 rings (SSSR count). The van der Waals surface area contributed by atoms with Gasteiger partial charge in [0.2, 0.25) is 5.91 Å². The van der Waals surface area contributed by atoms with Crippen molar-refractivity contribution in [3.05, 3.63) is 53.9 Å². The highest BCUT2D eigenvalue weighted by Gasteiger charge is 2.30. The van der Waals surface area contributed by atoms with E-state index in [0.717, 1.165) is 12.1 Å². The maximum atomic E-state index is 11.6. The number of benzene rings is 1. The van der Waals surface area contributed by atoms with Crippen molar-refractivity contribution in [3.63, 3.8) is 0 Å². The Balaban J connectivity index is 1.84. The number of aromatic nitrogens is 1. The van der Waals surface area contributed by atoms with Crippen LogP contribution in [0.5, 0.6) is 0 Å². The molecular formula is C16H18N2OS. The van der Waals surface area contributed by atoms with Gasteiger partial charge in [-0.3, -0.25) is 4.79 Å². The zero-order valence-corrected chi connectivity index (χ0v) is 12.6. The largest absolute Gasteiger partial charge is 0.329 e. The smallest absolute Gasteiger partial charge is 0.233 e. The first-order valence-electron chi connectivity index (χ1n) is 6.83. The molecule has 1 aliphatic rings. The molecule has 0 radical (unpaired) electrons. The second-order valence-electron chi connectivity index (χ2n) is 5.04. The standard InChI is InChI=1S/C16H18N2OS/c1-3-12-4-6-14(7-5-12)18-9-8-13(10-18)16-17(2)15(19)11-20-16/h4-10,16H,3,11H2,1-2H3. The van der Waals surface area contributed by atoms with Crippen LogP contribution >= 0.6 is 11.8 Å². The van der Waals surface area contributed by atoms with Crippen molar-refractivity contribution in [3.8, 4) is 5.69 Å². The quantitative estimate of drug-likeness (QED) is 0.865. The average molecular weight is 286 g/mol. The highest BCUT2D eigenvalue weighted by Crippen LogP contribution is 2.37. The molecule has 1 saturated heterocycles. The Labute approximate surface area is 123 Å². The summed E-state index contributed by atoms with van der Waals surface area (Å²) in [5, 5.41) is 0.152. The maximum absolute atomic E-state index is 11.6. The fourth-order valence-electron chi connectivity index (χ4n) is 2.44. The summed E-state index contributed by atoms with van der Waals surface area (Å²) in [4.78, 5) is 13.4. The Kier molecular flexibility index (Phi) is 3.57. The molecule has 1 atom stereocenters. The van der Waals surface area contributed by atoms with Gasteiger partial charge in [-0.2, -0.15) is 0 Å². The van der Waals surface area contributed by atoms with Crippen LogP contribution in [0.15, 0.2) is 42.7 Å². The van der Waals surface area contributed by atoms with Crippen molar-refractivity contribution >= 4 is 17.7 Å². The summed E-state index contributed by atoms with van der Waals surface area (Å²) in [5.41, 5.74) is 3.69. The lowest BCUT2D eigenvalue weighted by atomic mass is 10.1. The van der Waals surface area contributed by atoms with Gasteiger partial charge in [0.25, 0.3) is 0 Å². The van der Waals surface area contributed by atoms with Crippen LogP contribution in [0, 0.1) is 0 Å². The molecule has 0 saturated carbocycles. The SMILES string of the molecule is CCc1ccc(-n2ccc(C3SCC(=O)N3C)c2)cc1. The highest BCUT2D eigenvalue weighted by molar-refractivity contribution is 8.00. The lowest BCUT2D eigenvalue weighted by molar-refractivity contribution is -0.126. The summed E-state index contributed by atoms with van der Waals surface area (Å²) < 4.78 is 2.12. The first kappa shape index (κ1) is 13.3. The van der Waals surface area contributed by atoms with Crippen LogP contribution < -0.4 is 0 Å². The van der Waals surface area contributed by atoms with E-state index in [4.69, 9.17) is 0 Å². The van der Waals surface area contributed by atoms with Gasteiger partial charge in [-0.15, -0.1) is 11.8 Å². The Hall–Kier alpha value is -1.68. The first-order valence-corrected chi connectivity index (χ1v) is 7.88. The predicted octanol–water partition coefficient (Wildman–Crippen LogP) is 3.24. The number of thioether (sulfide) groups is 1. The van der Waals surface area contributed by atoms with Gasteiger partial charge in [-0.25, -0.2) is 0 Å². The molecule has 1 fully saturated rings. The van der Waals surface area contributed by atoms with Crippen LogP contribution in [0.1, 0.15) is 23.4 Å². The fourth-order valence-corrected chi connectivity index (χ4v) is 3.62. The Morgan fingerprint density at radius 3 is 2.60 bits per heavy atom. The molecule has 20 heavy (non-hydrogen) atoms. The number of hydrogen-bond donors (Lipinski definition) is 0. The van der Waals surface area contributed by atoms with Gasteiger partial charge in [0.05, 0.1) is 5.75 Å². The van der Waals surface area contributed by atoms with Crippen LogP contribution in [0.4, 0.5) is 0 Å². The molecule has 2 heterocycles. The minimum atomic E-state index is 0.152. The minimum absolute atomic E-state index is 0.152. The van der Waals surface area contributed by atoms with Gasteiger partial charge in [-0.05, 0) is 30.2 Å². The van der Waals surface area contributed by atoms with E-state index >= 15 is 0 Å². The summed E-state index contributed by atoms with van der Waals surface area (Å²) in [7, 11) is 1.88. The van der Waals surface area contributed by atoms with E-state index in [1.807, 2.05) is 11.9 Å². The first-order chi connectivity index (χ1) is 9.69. The van der Waals surface area contributed by atoms with Crippen LogP contribution in [0.2, 0.25) is 0 Å². The minimum Gasteiger partial charge on any atom is -0.329 e. The van der Waals surface area contributed by atoms with E-state index in [9.17, 15) is 4.79 Å². The lowest BCUT2D eigenvalue weighted by Gasteiger charge is -2.17. The fraction of sp³-hybridized carbons (Fsp3) is 0.312. The summed E-state index contributed by atoms with van der Waals surface area (Å²) in [6.07, 6.45) is 5.24. The van der Waals surface area contributed by atoms with Crippen molar-refractivity contribution in [2.45, 2.75) is 18.7 Å². The average Bonchev–Trinajstić information content (AvgIpc) is 3.08. The maximum Gasteiger partial charge on any atom is 0.233 e. The lowest BCUT2D eigenvalue weighted by Crippen LogP contribution is -2.22. The predicted molar refractivity (Wildman–Crippen MR) is 83.1 cm³/mol. The second kappa shape index (κ2) is 5.37. The molecule has 0 spiro atoms. The molecule has 2 aromatic rings. The second-order valence-corrected chi connectivity index (χ2v) is 6.11. The van der Waals surface area contributed by atoms with Crippen LogP contribution in [0.25, 0.3) is 5.69 Å². The molecular weight excluding hydrogens is 268 g/mol. The zero-order chi connectivity index (χ0) is 14.1. The van der Waals surface area contributed by atoms with Crippen molar-refractivity contribution in [2.24, 2.45) is 0 Å². The third-order valence-corrected chi connectivity index (χ3v) is 5.07. The highest BCUT2D eigenvalue weighted by atomic mass is 32.2. The third-order valence-electron chi connectivity index (χ3n) is 3.75. The molecule has 1 aromatic carbocycles. The molecule has 3 nitrogen and oxygen atoms in total. The van der Waals surface area contributed by atoms with E-state index in [0.29, 0.717) is 5.75 Å². The topological polar surface area (TPSA) is 25.2 Å². The normalized spacial score (nSPS) is 18.8. The monoisotopic (exact) mass is 286 g/mol. The molecule has 0 aliphatic carbocycles. The molecule has 1 unspecified atom stereocenters.